The molecule has 1 aromatic carbocycles. The van der Waals surface area contributed by atoms with E-state index in [1.54, 1.807) is 15.9 Å². The molecule has 0 unspecified atom stereocenters. The predicted molar refractivity (Wildman–Crippen MR) is 120 cm³/mol. The van der Waals surface area contributed by atoms with Crippen molar-refractivity contribution in [3.05, 3.63) is 72.1 Å². The van der Waals surface area contributed by atoms with E-state index < -0.39 is 0 Å². The second-order valence-corrected chi connectivity index (χ2v) is 8.12. The van der Waals surface area contributed by atoms with Gasteiger partial charge in [-0.25, -0.2) is 0 Å². The fraction of sp³-hybridized carbons (Fsp3) is 0.440. The summed E-state index contributed by atoms with van der Waals surface area (Å²) in [5.41, 5.74) is 3.60. The molecule has 0 atom stereocenters. The molecule has 2 aromatic rings. The Hall–Kier alpha value is -2.82. The Morgan fingerprint density at radius 1 is 1.17 bits per heavy atom. The van der Waals surface area contributed by atoms with E-state index in [1.807, 2.05) is 19.1 Å². The van der Waals surface area contributed by atoms with Crippen molar-refractivity contribution >= 4 is 11.8 Å². The molecule has 0 aliphatic heterocycles. The summed E-state index contributed by atoms with van der Waals surface area (Å²) in [6, 6.07) is 12.7. The number of nitrogens with zero attached hydrogens (tertiary/aromatic N) is 3. The normalized spacial score (nSPS) is 13.1. The first-order valence-electron chi connectivity index (χ1n) is 10.9. The number of amides is 2. The van der Waals surface area contributed by atoms with Crippen molar-refractivity contribution in [1.82, 2.24) is 14.4 Å². The fourth-order valence-corrected chi connectivity index (χ4v) is 3.73. The van der Waals surface area contributed by atoms with E-state index in [4.69, 9.17) is 0 Å². The molecule has 5 nitrogen and oxygen atoms in total. The molecule has 1 heterocycles. The van der Waals surface area contributed by atoms with Crippen molar-refractivity contribution < 1.29 is 9.59 Å². The molecule has 3 rings (SSSR count). The van der Waals surface area contributed by atoms with E-state index in [9.17, 15) is 9.59 Å². The standard InChI is InChI=1S/C25H33N3O2/c1-4-9-24(29)28(22-13-14-22)19-25(30)27(15-5-2)18-23-12-8-16-26(23)17-21-11-7-6-10-20(21)3/h5-8,10-12,16,22H,2,4,9,13-15,17-19H2,1,3H3. The van der Waals surface area contributed by atoms with Gasteiger partial charge in [-0.3, -0.25) is 9.59 Å². The lowest BCUT2D eigenvalue weighted by Gasteiger charge is -2.27. The Kier molecular flexibility index (Phi) is 7.50. The van der Waals surface area contributed by atoms with Gasteiger partial charge in [0.2, 0.25) is 11.8 Å². The number of carbonyl (C=O) groups is 2. The number of rotatable bonds is 11. The minimum absolute atomic E-state index is 0.0186. The summed E-state index contributed by atoms with van der Waals surface area (Å²) in [6.07, 6.45) is 7.12. The van der Waals surface area contributed by atoms with Crippen LogP contribution in [-0.2, 0) is 22.7 Å². The van der Waals surface area contributed by atoms with Crippen molar-refractivity contribution in [2.24, 2.45) is 0 Å². The highest BCUT2D eigenvalue weighted by Crippen LogP contribution is 2.27. The average molecular weight is 408 g/mol. The number of carbonyl (C=O) groups excluding carboxylic acids is 2. The van der Waals surface area contributed by atoms with E-state index >= 15 is 0 Å². The zero-order valence-corrected chi connectivity index (χ0v) is 18.2. The molecule has 1 aliphatic rings. The van der Waals surface area contributed by atoms with Crippen LogP contribution < -0.4 is 0 Å². The minimum Gasteiger partial charge on any atom is -0.345 e. The van der Waals surface area contributed by atoms with Crippen LogP contribution in [0.3, 0.4) is 0 Å². The molecule has 1 saturated carbocycles. The maximum Gasteiger partial charge on any atom is 0.242 e. The largest absolute Gasteiger partial charge is 0.345 e. The summed E-state index contributed by atoms with van der Waals surface area (Å²) in [6.45, 7) is 9.84. The average Bonchev–Trinajstić information content (AvgIpc) is 3.48. The summed E-state index contributed by atoms with van der Waals surface area (Å²) < 4.78 is 2.19. The van der Waals surface area contributed by atoms with Gasteiger partial charge in [-0.15, -0.1) is 6.58 Å². The second-order valence-electron chi connectivity index (χ2n) is 8.12. The van der Waals surface area contributed by atoms with Crippen LogP contribution in [0, 0.1) is 6.92 Å². The van der Waals surface area contributed by atoms with Crippen LogP contribution in [0.25, 0.3) is 0 Å². The first-order chi connectivity index (χ1) is 14.5. The van der Waals surface area contributed by atoms with Crippen molar-refractivity contribution in [3.8, 4) is 0 Å². The van der Waals surface area contributed by atoms with E-state index in [1.165, 1.54) is 11.1 Å². The second kappa shape index (κ2) is 10.3. The van der Waals surface area contributed by atoms with E-state index in [2.05, 4.69) is 48.5 Å². The maximum absolute atomic E-state index is 13.1. The highest BCUT2D eigenvalue weighted by Gasteiger charge is 2.34. The van der Waals surface area contributed by atoms with Crippen molar-refractivity contribution in [3.63, 3.8) is 0 Å². The van der Waals surface area contributed by atoms with Gasteiger partial charge in [-0.2, -0.15) is 0 Å². The highest BCUT2D eigenvalue weighted by molar-refractivity contribution is 5.85. The topological polar surface area (TPSA) is 45.6 Å². The predicted octanol–water partition coefficient (Wildman–Crippen LogP) is 4.15. The van der Waals surface area contributed by atoms with Crippen LogP contribution in [0.2, 0.25) is 0 Å². The third-order valence-corrected chi connectivity index (χ3v) is 5.66. The number of benzene rings is 1. The molecule has 0 radical (unpaired) electrons. The van der Waals surface area contributed by atoms with Crippen LogP contribution in [0.4, 0.5) is 0 Å². The molecule has 1 aliphatic carbocycles. The lowest BCUT2D eigenvalue weighted by atomic mass is 10.1. The molecule has 30 heavy (non-hydrogen) atoms. The summed E-state index contributed by atoms with van der Waals surface area (Å²) in [5, 5.41) is 0. The van der Waals surface area contributed by atoms with Crippen LogP contribution in [0.1, 0.15) is 49.4 Å². The van der Waals surface area contributed by atoms with Crippen LogP contribution in [0.15, 0.2) is 55.3 Å². The molecule has 5 heteroatoms. The van der Waals surface area contributed by atoms with Gasteiger partial charge < -0.3 is 14.4 Å². The van der Waals surface area contributed by atoms with Gasteiger partial charge >= 0.3 is 0 Å². The molecule has 0 bridgehead atoms. The summed E-state index contributed by atoms with van der Waals surface area (Å²) >= 11 is 0. The van der Waals surface area contributed by atoms with Crippen LogP contribution in [-0.4, -0.2) is 45.3 Å². The number of hydrogen-bond donors (Lipinski definition) is 0. The fourth-order valence-electron chi connectivity index (χ4n) is 3.73. The molecular weight excluding hydrogens is 374 g/mol. The Balaban J connectivity index is 1.70. The SMILES string of the molecule is C=CCN(Cc1cccn1Cc1ccccc1C)C(=O)CN(C(=O)CCC)C1CC1. The Morgan fingerprint density at radius 2 is 1.93 bits per heavy atom. The van der Waals surface area contributed by atoms with Gasteiger partial charge in [0.25, 0.3) is 0 Å². The van der Waals surface area contributed by atoms with Gasteiger partial charge in [0.1, 0.15) is 6.54 Å². The van der Waals surface area contributed by atoms with E-state index in [0.717, 1.165) is 31.5 Å². The Labute approximate surface area is 180 Å². The van der Waals surface area contributed by atoms with Gasteiger partial charge in [0.05, 0.1) is 6.54 Å². The van der Waals surface area contributed by atoms with E-state index in [-0.39, 0.29) is 24.4 Å². The summed E-state index contributed by atoms with van der Waals surface area (Å²) in [4.78, 5) is 29.2. The monoisotopic (exact) mass is 407 g/mol. The third kappa shape index (κ3) is 5.62. The highest BCUT2D eigenvalue weighted by atomic mass is 16.2. The van der Waals surface area contributed by atoms with Crippen LogP contribution >= 0.6 is 0 Å². The first-order valence-corrected chi connectivity index (χ1v) is 10.9. The zero-order chi connectivity index (χ0) is 21.5. The molecule has 1 aromatic heterocycles. The first kappa shape index (κ1) is 21.9. The van der Waals surface area contributed by atoms with Gasteiger partial charge in [-0.05, 0) is 49.4 Å². The van der Waals surface area contributed by atoms with Crippen LogP contribution in [0.5, 0.6) is 0 Å². The zero-order valence-electron chi connectivity index (χ0n) is 18.2. The molecule has 1 fully saturated rings. The molecule has 160 valence electrons. The van der Waals surface area contributed by atoms with Crippen molar-refractivity contribution in [2.75, 3.05) is 13.1 Å². The van der Waals surface area contributed by atoms with E-state index in [0.29, 0.717) is 19.5 Å². The lowest BCUT2D eigenvalue weighted by molar-refractivity contribution is -0.141. The molecule has 0 saturated heterocycles. The smallest absolute Gasteiger partial charge is 0.242 e. The molecule has 2 amide bonds. The van der Waals surface area contributed by atoms with Gasteiger partial charge in [0.15, 0.2) is 0 Å². The Morgan fingerprint density at radius 3 is 2.60 bits per heavy atom. The molecule has 0 N–H and O–H groups in total. The summed E-state index contributed by atoms with van der Waals surface area (Å²) in [7, 11) is 0. The summed E-state index contributed by atoms with van der Waals surface area (Å²) in [5.74, 6) is 0.0738. The lowest BCUT2D eigenvalue weighted by Crippen LogP contribution is -2.44. The quantitative estimate of drug-likeness (QED) is 0.525. The minimum atomic E-state index is -0.0186. The third-order valence-electron chi connectivity index (χ3n) is 5.66. The number of aryl methyl sites for hydroxylation is 1. The molecule has 0 spiro atoms. The van der Waals surface area contributed by atoms with Crippen molar-refractivity contribution in [2.45, 2.75) is 58.7 Å². The van der Waals surface area contributed by atoms with Gasteiger partial charge in [0, 0.05) is 37.4 Å². The number of hydrogen-bond acceptors (Lipinski definition) is 2. The Bertz CT molecular complexity index is 882. The van der Waals surface area contributed by atoms with Gasteiger partial charge in [-0.1, -0.05) is 37.3 Å². The maximum atomic E-state index is 13.1. The molecular formula is C25H33N3O2. The van der Waals surface area contributed by atoms with Crippen molar-refractivity contribution in [1.29, 1.82) is 0 Å². The number of aromatic nitrogens is 1.